The highest BCUT2D eigenvalue weighted by Gasteiger charge is 2.14. The van der Waals surface area contributed by atoms with Gasteiger partial charge in [-0.25, -0.2) is 4.68 Å². The SMILES string of the molecule is COc1ccc(-c2csc(=NC(C)C)n2N=Cc2cc(Br)c(O)c(Br)c2)c(OC)c1. The summed E-state index contributed by atoms with van der Waals surface area (Å²) in [5.74, 6) is 1.54. The summed E-state index contributed by atoms with van der Waals surface area (Å²) in [6.45, 7) is 4.05. The molecule has 0 radical (unpaired) electrons. The smallest absolute Gasteiger partial charge is 0.206 e. The summed E-state index contributed by atoms with van der Waals surface area (Å²) in [5, 5.41) is 16.6. The molecule has 0 saturated heterocycles. The molecule has 0 aliphatic heterocycles. The number of ether oxygens (including phenoxy) is 2. The van der Waals surface area contributed by atoms with Crippen LogP contribution in [0.3, 0.4) is 0 Å². The normalized spacial score (nSPS) is 12.2. The van der Waals surface area contributed by atoms with Crippen LogP contribution in [0.5, 0.6) is 17.2 Å². The molecule has 9 heteroatoms. The van der Waals surface area contributed by atoms with Crippen LogP contribution in [0, 0.1) is 0 Å². The predicted molar refractivity (Wildman–Crippen MR) is 128 cm³/mol. The van der Waals surface area contributed by atoms with Crippen molar-refractivity contribution < 1.29 is 14.6 Å². The second-order valence-corrected chi connectivity index (χ2v) is 9.13. The average Bonchev–Trinajstić information content (AvgIpc) is 3.11. The van der Waals surface area contributed by atoms with Crippen LogP contribution in [0.2, 0.25) is 0 Å². The second-order valence-electron chi connectivity index (χ2n) is 6.58. The number of halogens is 2. The maximum atomic E-state index is 9.94. The van der Waals surface area contributed by atoms with E-state index in [1.165, 1.54) is 11.3 Å². The van der Waals surface area contributed by atoms with E-state index in [0.29, 0.717) is 20.4 Å². The predicted octanol–water partition coefficient (Wildman–Crippen LogP) is 5.66. The number of thiazole rings is 1. The molecule has 1 heterocycles. The van der Waals surface area contributed by atoms with Gasteiger partial charge in [-0.15, -0.1) is 11.3 Å². The molecule has 3 aromatic rings. The number of phenols is 1. The van der Waals surface area contributed by atoms with E-state index in [1.54, 1.807) is 37.2 Å². The summed E-state index contributed by atoms with van der Waals surface area (Å²) < 4.78 is 13.9. The third kappa shape index (κ3) is 4.96. The number of hydrogen-bond acceptors (Lipinski definition) is 6. The molecule has 0 unspecified atom stereocenters. The molecule has 0 bridgehead atoms. The van der Waals surface area contributed by atoms with Gasteiger partial charge in [-0.3, -0.25) is 4.99 Å². The molecule has 0 aliphatic carbocycles. The van der Waals surface area contributed by atoms with Crippen molar-refractivity contribution in [3.63, 3.8) is 0 Å². The highest BCUT2D eigenvalue weighted by atomic mass is 79.9. The lowest BCUT2D eigenvalue weighted by atomic mass is 10.1. The number of phenolic OH excluding ortho intramolecular Hbond substituents is 1. The Balaban J connectivity index is 2.15. The van der Waals surface area contributed by atoms with Crippen LogP contribution < -0.4 is 14.3 Å². The fourth-order valence-electron chi connectivity index (χ4n) is 2.70. The van der Waals surface area contributed by atoms with E-state index in [0.717, 1.165) is 21.6 Å². The molecule has 30 heavy (non-hydrogen) atoms. The molecule has 0 saturated carbocycles. The largest absolute Gasteiger partial charge is 0.506 e. The average molecular weight is 555 g/mol. The van der Waals surface area contributed by atoms with Crippen molar-refractivity contribution >= 4 is 49.4 Å². The number of benzene rings is 2. The van der Waals surface area contributed by atoms with Crippen LogP contribution >= 0.6 is 43.2 Å². The lowest BCUT2D eigenvalue weighted by Gasteiger charge is -2.11. The number of aromatic hydroxyl groups is 1. The summed E-state index contributed by atoms with van der Waals surface area (Å²) in [5.41, 5.74) is 2.55. The minimum Gasteiger partial charge on any atom is -0.506 e. The molecular formula is C21H21Br2N3O3S. The fourth-order valence-corrected chi connectivity index (χ4v) is 4.88. The first-order valence-electron chi connectivity index (χ1n) is 9.03. The summed E-state index contributed by atoms with van der Waals surface area (Å²) in [7, 11) is 3.25. The summed E-state index contributed by atoms with van der Waals surface area (Å²) in [4.78, 5) is 5.47. The van der Waals surface area contributed by atoms with Crippen molar-refractivity contribution in [3.8, 4) is 28.5 Å². The van der Waals surface area contributed by atoms with E-state index in [2.05, 4.69) is 31.9 Å². The Morgan fingerprint density at radius 2 is 1.80 bits per heavy atom. The Bertz CT molecular complexity index is 1130. The zero-order chi connectivity index (χ0) is 21.8. The Kier molecular flexibility index (Phi) is 7.38. The van der Waals surface area contributed by atoms with Crippen LogP contribution in [0.15, 0.2) is 54.8 Å². The molecule has 3 rings (SSSR count). The first-order valence-corrected chi connectivity index (χ1v) is 11.5. The maximum absolute atomic E-state index is 9.94. The quantitative estimate of drug-likeness (QED) is 0.400. The molecule has 1 N–H and O–H groups in total. The fraction of sp³-hybridized carbons (Fsp3) is 0.238. The summed E-state index contributed by atoms with van der Waals surface area (Å²) >= 11 is 8.22. The molecule has 0 atom stereocenters. The van der Waals surface area contributed by atoms with Gasteiger partial charge in [0.1, 0.15) is 17.2 Å². The topological polar surface area (TPSA) is 68.3 Å². The lowest BCUT2D eigenvalue weighted by Crippen LogP contribution is -2.14. The van der Waals surface area contributed by atoms with Crippen molar-refractivity contribution in [1.82, 2.24) is 4.68 Å². The third-order valence-corrected chi connectivity index (χ3v) is 6.14. The summed E-state index contributed by atoms with van der Waals surface area (Å²) in [6.07, 6.45) is 1.72. The zero-order valence-corrected chi connectivity index (χ0v) is 20.9. The minimum atomic E-state index is 0.118. The van der Waals surface area contributed by atoms with Crippen LogP contribution in [0.4, 0.5) is 0 Å². The van der Waals surface area contributed by atoms with Gasteiger partial charge in [0.2, 0.25) is 4.80 Å². The van der Waals surface area contributed by atoms with Gasteiger partial charge in [0.25, 0.3) is 0 Å². The highest BCUT2D eigenvalue weighted by molar-refractivity contribution is 9.11. The maximum Gasteiger partial charge on any atom is 0.206 e. The van der Waals surface area contributed by atoms with E-state index in [1.807, 2.05) is 37.4 Å². The van der Waals surface area contributed by atoms with E-state index < -0.39 is 0 Å². The van der Waals surface area contributed by atoms with Gasteiger partial charge in [0, 0.05) is 23.1 Å². The van der Waals surface area contributed by atoms with Crippen LogP contribution in [0.1, 0.15) is 19.4 Å². The lowest BCUT2D eigenvalue weighted by molar-refractivity contribution is 0.395. The first kappa shape index (κ1) is 22.6. The summed E-state index contributed by atoms with van der Waals surface area (Å²) in [6, 6.07) is 9.38. The van der Waals surface area contributed by atoms with Crippen molar-refractivity contribution in [1.29, 1.82) is 0 Å². The van der Waals surface area contributed by atoms with Crippen LogP contribution in [-0.4, -0.2) is 36.3 Å². The Morgan fingerprint density at radius 3 is 2.40 bits per heavy atom. The van der Waals surface area contributed by atoms with Crippen molar-refractivity contribution in [2.24, 2.45) is 10.1 Å². The number of aromatic nitrogens is 1. The second kappa shape index (κ2) is 9.80. The third-order valence-electron chi connectivity index (χ3n) is 4.10. The first-order chi connectivity index (χ1) is 14.3. The molecular weight excluding hydrogens is 534 g/mol. The Hall–Kier alpha value is -2.10. The zero-order valence-electron chi connectivity index (χ0n) is 16.9. The number of nitrogens with zero attached hydrogens (tertiary/aromatic N) is 3. The van der Waals surface area contributed by atoms with Gasteiger partial charge < -0.3 is 14.6 Å². The molecule has 0 aliphatic rings. The molecule has 0 amide bonds. The van der Waals surface area contributed by atoms with Crippen molar-refractivity contribution in [3.05, 3.63) is 55.0 Å². The van der Waals surface area contributed by atoms with Gasteiger partial charge in [-0.05, 0) is 75.5 Å². The molecule has 158 valence electrons. The van der Waals surface area contributed by atoms with Gasteiger partial charge in [-0.1, -0.05) is 0 Å². The number of rotatable bonds is 6. The number of methoxy groups -OCH3 is 2. The van der Waals surface area contributed by atoms with Gasteiger partial charge in [0.15, 0.2) is 0 Å². The molecule has 0 fully saturated rings. The Labute approximate surface area is 195 Å². The van der Waals surface area contributed by atoms with Gasteiger partial charge in [-0.2, -0.15) is 5.10 Å². The van der Waals surface area contributed by atoms with Gasteiger partial charge >= 0.3 is 0 Å². The Morgan fingerprint density at radius 1 is 1.10 bits per heavy atom. The van der Waals surface area contributed by atoms with E-state index >= 15 is 0 Å². The molecule has 6 nitrogen and oxygen atoms in total. The van der Waals surface area contributed by atoms with Crippen molar-refractivity contribution in [2.45, 2.75) is 19.9 Å². The van der Waals surface area contributed by atoms with E-state index in [4.69, 9.17) is 19.6 Å². The minimum absolute atomic E-state index is 0.118. The standard InChI is InChI=1S/C21H21Br2N3O3S/c1-12(2)25-21-26(24-10-13-7-16(22)20(27)17(23)8-13)18(11-30-21)15-6-5-14(28-3)9-19(15)29-4/h5-12,27H,1-4H3. The van der Waals surface area contributed by atoms with E-state index in [9.17, 15) is 5.11 Å². The molecule has 1 aromatic heterocycles. The van der Waals surface area contributed by atoms with E-state index in [-0.39, 0.29) is 11.8 Å². The van der Waals surface area contributed by atoms with Crippen LogP contribution in [-0.2, 0) is 0 Å². The monoisotopic (exact) mass is 553 g/mol. The number of hydrogen-bond donors (Lipinski definition) is 1. The molecule has 0 spiro atoms. The molecule has 2 aromatic carbocycles. The van der Waals surface area contributed by atoms with Crippen LogP contribution in [0.25, 0.3) is 11.3 Å². The highest BCUT2D eigenvalue weighted by Crippen LogP contribution is 2.34. The van der Waals surface area contributed by atoms with Crippen molar-refractivity contribution in [2.75, 3.05) is 14.2 Å². The van der Waals surface area contributed by atoms with Gasteiger partial charge in [0.05, 0.1) is 35.1 Å².